The molecule has 1 aliphatic rings. The Morgan fingerprint density at radius 2 is 1.59 bits per heavy atom. The zero-order valence-electron chi connectivity index (χ0n) is 19.8. The molecule has 1 aromatic carbocycles. The molecule has 4 rings (SSSR count). The van der Waals surface area contributed by atoms with Gasteiger partial charge in [0.2, 0.25) is 0 Å². The number of carbonyl (C=O) groups excluding carboxylic acids is 1. The third-order valence-corrected chi connectivity index (χ3v) is 4.92. The Morgan fingerprint density at radius 3 is 2.10 bits per heavy atom. The molecule has 0 unspecified atom stereocenters. The molecule has 1 amide bonds. The van der Waals surface area contributed by atoms with E-state index in [1.54, 1.807) is 35.0 Å². The van der Waals surface area contributed by atoms with Crippen molar-refractivity contribution in [3.05, 3.63) is 53.2 Å². The predicted octanol–water partition coefficient (Wildman–Crippen LogP) is 5.14. The van der Waals surface area contributed by atoms with Crippen molar-refractivity contribution in [2.24, 2.45) is 0 Å². The van der Waals surface area contributed by atoms with Gasteiger partial charge in [-0.15, -0.1) is 5.10 Å². The van der Waals surface area contributed by atoms with Crippen molar-refractivity contribution in [2.75, 3.05) is 23.3 Å². The third-order valence-electron chi connectivity index (χ3n) is 4.59. The Hall–Kier alpha value is -4.08. The SMILES string of the molecule is FC(F)F.O=C(Nc1cn2nc(N3CCCCC3)ccc2n1)c1ccccc1Cl.O=C(O)C(F)(F)F.O=CO. The van der Waals surface area contributed by atoms with Gasteiger partial charge in [0.25, 0.3) is 12.4 Å². The number of carboxylic acids is 1. The molecule has 39 heavy (non-hydrogen) atoms. The minimum Gasteiger partial charge on any atom is -0.483 e. The first-order valence-electron chi connectivity index (χ1n) is 10.8. The number of hydrogen-bond acceptors (Lipinski definition) is 6. The fraction of sp³-hybridized carbons (Fsp3) is 0.318. The molecule has 0 aliphatic carbocycles. The number of aliphatic carboxylic acids is 1. The van der Waals surface area contributed by atoms with Crippen LogP contribution in [0.4, 0.5) is 38.0 Å². The lowest BCUT2D eigenvalue weighted by Crippen LogP contribution is -2.30. The monoisotopic (exact) mass is 585 g/mol. The lowest BCUT2D eigenvalue weighted by atomic mass is 10.1. The van der Waals surface area contributed by atoms with E-state index in [1.165, 1.54) is 19.3 Å². The van der Waals surface area contributed by atoms with Crippen molar-refractivity contribution >= 4 is 47.2 Å². The first-order chi connectivity index (χ1) is 18.3. The maximum absolute atomic E-state index is 12.4. The average molecular weight is 586 g/mol. The summed E-state index contributed by atoms with van der Waals surface area (Å²) < 4.78 is 62.4. The molecule has 1 fully saturated rings. The molecule has 3 N–H and O–H groups in total. The van der Waals surface area contributed by atoms with E-state index in [0.717, 1.165) is 18.9 Å². The largest absolute Gasteiger partial charge is 0.490 e. The Labute approximate surface area is 221 Å². The molecule has 0 saturated carbocycles. The van der Waals surface area contributed by atoms with E-state index >= 15 is 0 Å². The molecule has 1 aliphatic heterocycles. The molecule has 214 valence electrons. The van der Waals surface area contributed by atoms with E-state index in [-0.39, 0.29) is 12.4 Å². The average Bonchev–Trinajstić information content (AvgIpc) is 3.26. The van der Waals surface area contributed by atoms with Gasteiger partial charge in [0.1, 0.15) is 5.82 Å². The lowest BCUT2D eigenvalue weighted by molar-refractivity contribution is -0.192. The van der Waals surface area contributed by atoms with Crippen molar-refractivity contribution in [1.82, 2.24) is 14.6 Å². The summed E-state index contributed by atoms with van der Waals surface area (Å²) in [6.07, 6.45) is 0.311. The van der Waals surface area contributed by atoms with E-state index in [4.69, 9.17) is 31.4 Å². The third kappa shape index (κ3) is 11.9. The van der Waals surface area contributed by atoms with E-state index in [9.17, 15) is 31.1 Å². The van der Waals surface area contributed by atoms with Crippen LogP contribution in [0.2, 0.25) is 5.02 Å². The summed E-state index contributed by atoms with van der Waals surface area (Å²) in [5.74, 6) is -1.65. The van der Waals surface area contributed by atoms with Gasteiger partial charge in [0, 0.05) is 13.1 Å². The number of fused-ring (bicyclic) bond motifs is 1. The van der Waals surface area contributed by atoms with Crippen molar-refractivity contribution in [3.63, 3.8) is 0 Å². The number of amides is 1. The summed E-state index contributed by atoms with van der Waals surface area (Å²) in [4.78, 5) is 36.3. The van der Waals surface area contributed by atoms with Crippen LogP contribution in [0.1, 0.15) is 29.6 Å². The number of halogens is 7. The Balaban J connectivity index is 0.000000454. The molecule has 1 saturated heterocycles. The van der Waals surface area contributed by atoms with Gasteiger partial charge in [-0.3, -0.25) is 9.59 Å². The number of alkyl halides is 6. The summed E-state index contributed by atoms with van der Waals surface area (Å²) in [5, 5.41) is 21.8. The van der Waals surface area contributed by atoms with Gasteiger partial charge in [-0.2, -0.15) is 26.3 Å². The highest BCUT2D eigenvalue weighted by molar-refractivity contribution is 6.34. The van der Waals surface area contributed by atoms with Crippen LogP contribution in [0.3, 0.4) is 0 Å². The smallest absolute Gasteiger partial charge is 0.483 e. The minimum atomic E-state index is -5.08. The highest BCUT2D eigenvalue weighted by Crippen LogP contribution is 2.20. The van der Waals surface area contributed by atoms with Crippen molar-refractivity contribution in [1.29, 1.82) is 0 Å². The zero-order chi connectivity index (χ0) is 29.6. The molecular formula is C22H22ClF6N5O5. The van der Waals surface area contributed by atoms with Crippen molar-refractivity contribution in [3.8, 4) is 0 Å². The second-order valence-electron chi connectivity index (χ2n) is 7.26. The number of nitrogens with one attached hydrogen (secondary N) is 1. The van der Waals surface area contributed by atoms with Crippen LogP contribution < -0.4 is 10.2 Å². The molecule has 17 heteroatoms. The van der Waals surface area contributed by atoms with Crippen LogP contribution in [0.5, 0.6) is 0 Å². The topological polar surface area (TPSA) is 137 Å². The second-order valence-corrected chi connectivity index (χ2v) is 7.67. The molecule has 3 heterocycles. The van der Waals surface area contributed by atoms with Crippen LogP contribution in [0.15, 0.2) is 42.6 Å². The van der Waals surface area contributed by atoms with Crippen LogP contribution in [0, 0.1) is 0 Å². The lowest BCUT2D eigenvalue weighted by Gasteiger charge is -2.27. The molecule has 3 aromatic rings. The van der Waals surface area contributed by atoms with Crippen LogP contribution >= 0.6 is 11.6 Å². The zero-order valence-corrected chi connectivity index (χ0v) is 20.5. The van der Waals surface area contributed by atoms with Gasteiger partial charge in [0.15, 0.2) is 11.5 Å². The van der Waals surface area contributed by atoms with Crippen LogP contribution in [-0.2, 0) is 9.59 Å². The number of anilines is 2. The number of nitrogens with zero attached hydrogens (tertiary/aromatic N) is 4. The summed E-state index contributed by atoms with van der Waals surface area (Å²) in [6, 6.07) is 10.8. The maximum Gasteiger partial charge on any atom is 0.490 e. The maximum atomic E-state index is 12.4. The Kier molecular flexibility index (Phi) is 13.5. The molecule has 10 nitrogen and oxygen atoms in total. The molecule has 0 atom stereocenters. The quantitative estimate of drug-likeness (QED) is 0.284. The first kappa shape index (κ1) is 32.9. The van der Waals surface area contributed by atoms with E-state index in [1.807, 2.05) is 12.1 Å². The number of benzene rings is 1. The Morgan fingerprint density at radius 1 is 1.05 bits per heavy atom. The van der Waals surface area contributed by atoms with Gasteiger partial charge >= 0.3 is 18.8 Å². The van der Waals surface area contributed by atoms with E-state index < -0.39 is 18.8 Å². The van der Waals surface area contributed by atoms with Gasteiger partial charge in [-0.1, -0.05) is 23.7 Å². The number of aromatic nitrogens is 3. The minimum absolute atomic E-state index is 0.250. The summed E-state index contributed by atoms with van der Waals surface area (Å²) >= 11 is 6.07. The van der Waals surface area contributed by atoms with Gasteiger partial charge < -0.3 is 20.4 Å². The highest BCUT2D eigenvalue weighted by atomic mass is 35.5. The molecular weight excluding hydrogens is 564 g/mol. The summed E-state index contributed by atoms with van der Waals surface area (Å²) in [5.41, 5.74) is 1.11. The first-order valence-corrected chi connectivity index (χ1v) is 11.1. The normalized spacial score (nSPS) is 12.7. The fourth-order valence-electron chi connectivity index (χ4n) is 3.05. The molecule has 0 radical (unpaired) electrons. The number of imidazole rings is 1. The Bertz CT molecular complexity index is 1220. The van der Waals surface area contributed by atoms with E-state index in [0.29, 0.717) is 22.1 Å². The number of piperidine rings is 1. The summed E-state index contributed by atoms with van der Waals surface area (Å²) in [7, 11) is 0. The summed E-state index contributed by atoms with van der Waals surface area (Å²) in [6.45, 7) is -1.85. The highest BCUT2D eigenvalue weighted by Gasteiger charge is 2.38. The van der Waals surface area contributed by atoms with Gasteiger partial charge in [-0.25, -0.2) is 14.3 Å². The molecule has 0 bridgehead atoms. The van der Waals surface area contributed by atoms with Gasteiger partial charge in [-0.05, 0) is 43.5 Å². The predicted molar refractivity (Wildman–Crippen MR) is 128 cm³/mol. The second kappa shape index (κ2) is 16.0. The van der Waals surface area contributed by atoms with Crippen molar-refractivity contribution in [2.45, 2.75) is 32.1 Å². The van der Waals surface area contributed by atoms with Crippen molar-refractivity contribution < 1.29 is 50.9 Å². The van der Waals surface area contributed by atoms with Gasteiger partial charge in [0.05, 0.1) is 16.8 Å². The molecule has 0 spiro atoms. The number of carboxylic acid groups (broad SMARTS) is 2. The standard InChI is InChI=1S/C18H18ClN5O.C2HF3O2.CHF3.CH2O2/c19-14-7-3-2-6-13(14)18(25)21-15-12-24-16(20-15)8-9-17(22-24)23-10-4-1-5-11-23;3-2(4,5)1(6)7;2-1(3)4;2-1-3/h2-3,6-9,12H,1,4-5,10-11H2,(H,21,25);(H,6,7);1H;1H,(H,2,3). The number of carbonyl (C=O) groups is 3. The fourth-order valence-corrected chi connectivity index (χ4v) is 3.27. The van der Waals surface area contributed by atoms with E-state index in [2.05, 4.69) is 20.3 Å². The van der Waals surface area contributed by atoms with Crippen LogP contribution in [0.25, 0.3) is 5.65 Å². The molecule has 2 aromatic heterocycles. The van der Waals surface area contributed by atoms with Crippen LogP contribution in [-0.4, -0.2) is 69.1 Å². The number of hydrogen-bond donors (Lipinski definition) is 3. The number of rotatable bonds is 3.